The average molecular weight is 410 g/mol. The Bertz CT molecular complexity index is 1190. The van der Waals surface area contributed by atoms with E-state index in [1.54, 1.807) is 30.3 Å². The average Bonchev–Trinajstić information content (AvgIpc) is 2.76. The summed E-state index contributed by atoms with van der Waals surface area (Å²) in [5, 5.41) is 5.89. The van der Waals surface area contributed by atoms with E-state index in [0.717, 1.165) is 42.7 Å². The number of carbonyl (C=O) groups excluding carboxylic acids is 1. The van der Waals surface area contributed by atoms with Gasteiger partial charge in [-0.1, -0.05) is 12.1 Å². The lowest BCUT2D eigenvalue weighted by molar-refractivity contribution is -0.116. The number of aromatic nitrogens is 2. The summed E-state index contributed by atoms with van der Waals surface area (Å²) >= 11 is 0. The van der Waals surface area contributed by atoms with Crippen LogP contribution < -0.4 is 21.3 Å². The van der Waals surface area contributed by atoms with Crippen LogP contribution in [0.5, 0.6) is 0 Å². The van der Waals surface area contributed by atoms with E-state index in [0.29, 0.717) is 16.5 Å². The minimum Gasteiger partial charge on any atom is -0.370 e. The second-order valence-electron chi connectivity index (χ2n) is 7.45. The van der Waals surface area contributed by atoms with Crippen molar-refractivity contribution in [3.05, 3.63) is 69.0 Å². The number of piperidine rings is 1. The van der Waals surface area contributed by atoms with Gasteiger partial charge in [0.25, 0.3) is 11.1 Å². The van der Waals surface area contributed by atoms with Crippen LogP contribution in [0.2, 0.25) is 0 Å². The van der Waals surface area contributed by atoms with E-state index < -0.39 is 5.82 Å². The highest BCUT2D eigenvalue weighted by Gasteiger charge is 2.17. The number of rotatable bonds is 5. The summed E-state index contributed by atoms with van der Waals surface area (Å²) in [7, 11) is 0. The van der Waals surface area contributed by atoms with Crippen molar-refractivity contribution in [2.75, 3.05) is 23.3 Å². The number of benzene rings is 2. The lowest BCUT2D eigenvalue weighted by atomic mass is 10.1. The van der Waals surface area contributed by atoms with Crippen LogP contribution in [0.25, 0.3) is 10.8 Å². The van der Waals surface area contributed by atoms with Gasteiger partial charge in [-0.2, -0.15) is 0 Å². The number of aryl methyl sites for hydroxylation is 1. The summed E-state index contributed by atoms with van der Waals surface area (Å²) in [4.78, 5) is 39.4. The van der Waals surface area contributed by atoms with Crippen molar-refractivity contribution in [3.8, 4) is 0 Å². The van der Waals surface area contributed by atoms with Crippen molar-refractivity contribution in [1.82, 2.24) is 9.78 Å². The molecule has 7 nitrogen and oxygen atoms in total. The Morgan fingerprint density at radius 1 is 1.03 bits per heavy atom. The lowest BCUT2D eigenvalue weighted by Crippen LogP contribution is -2.32. The molecule has 2 N–H and O–H groups in total. The topological polar surface area (TPSA) is 87.2 Å². The third-order valence-corrected chi connectivity index (χ3v) is 5.38. The van der Waals surface area contributed by atoms with E-state index in [2.05, 4.69) is 15.3 Å². The predicted octanol–water partition coefficient (Wildman–Crippen LogP) is 2.85. The van der Waals surface area contributed by atoms with Gasteiger partial charge in [-0.25, -0.2) is 9.07 Å². The van der Waals surface area contributed by atoms with Crippen LogP contribution in [0, 0.1) is 5.82 Å². The van der Waals surface area contributed by atoms with Crippen molar-refractivity contribution >= 4 is 28.1 Å². The number of halogens is 1. The van der Waals surface area contributed by atoms with Gasteiger partial charge in [0, 0.05) is 19.5 Å². The molecule has 0 atom stereocenters. The van der Waals surface area contributed by atoms with Crippen molar-refractivity contribution < 1.29 is 9.18 Å². The second kappa shape index (κ2) is 8.52. The SMILES string of the molecule is O=C(CCn1[nH]c(=O)c2ccccc2c1=O)Nc1cc(F)ccc1N1CCCCC1. The normalized spacial score (nSPS) is 14.1. The molecule has 0 bridgehead atoms. The summed E-state index contributed by atoms with van der Waals surface area (Å²) in [6, 6.07) is 10.9. The highest BCUT2D eigenvalue weighted by Crippen LogP contribution is 2.29. The number of fused-ring (bicyclic) bond motifs is 1. The maximum atomic E-state index is 13.8. The van der Waals surface area contributed by atoms with Crippen LogP contribution in [-0.4, -0.2) is 28.8 Å². The van der Waals surface area contributed by atoms with Crippen LogP contribution >= 0.6 is 0 Å². The number of anilines is 2. The Morgan fingerprint density at radius 3 is 2.53 bits per heavy atom. The smallest absolute Gasteiger partial charge is 0.273 e. The molecule has 1 aromatic heterocycles. The first-order valence-corrected chi connectivity index (χ1v) is 10.1. The Kier molecular flexibility index (Phi) is 5.65. The molecule has 4 rings (SSSR count). The fourth-order valence-corrected chi connectivity index (χ4v) is 3.85. The van der Waals surface area contributed by atoms with E-state index in [-0.39, 0.29) is 30.0 Å². The molecular weight excluding hydrogens is 387 g/mol. The van der Waals surface area contributed by atoms with Gasteiger partial charge in [-0.05, 0) is 49.6 Å². The predicted molar refractivity (Wildman–Crippen MR) is 115 cm³/mol. The number of nitrogens with zero attached hydrogens (tertiary/aromatic N) is 2. The second-order valence-corrected chi connectivity index (χ2v) is 7.45. The van der Waals surface area contributed by atoms with Crippen LogP contribution in [0.4, 0.5) is 15.8 Å². The van der Waals surface area contributed by atoms with E-state index in [4.69, 9.17) is 0 Å². The van der Waals surface area contributed by atoms with E-state index in [1.165, 1.54) is 12.1 Å². The summed E-state index contributed by atoms with van der Waals surface area (Å²) in [6.45, 7) is 1.74. The molecule has 0 saturated carbocycles. The monoisotopic (exact) mass is 410 g/mol. The molecule has 1 aliphatic heterocycles. The Hall–Kier alpha value is -3.42. The van der Waals surface area contributed by atoms with Crippen molar-refractivity contribution in [2.45, 2.75) is 32.2 Å². The minimum absolute atomic E-state index is 0.0130. The third kappa shape index (κ3) is 4.12. The Morgan fingerprint density at radius 2 is 1.77 bits per heavy atom. The first kappa shape index (κ1) is 19.9. The molecule has 156 valence electrons. The Labute approximate surface area is 172 Å². The first-order valence-electron chi connectivity index (χ1n) is 10.1. The van der Waals surface area contributed by atoms with Crippen molar-refractivity contribution in [2.24, 2.45) is 0 Å². The molecule has 0 aliphatic carbocycles. The third-order valence-electron chi connectivity index (χ3n) is 5.38. The number of carbonyl (C=O) groups is 1. The zero-order valence-electron chi connectivity index (χ0n) is 16.5. The van der Waals surface area contributed by atoms with Gasteiger partial charge in [0.1, 0.15) is 5.82 Å². The number of nitrogens with one attached hydrogen (secondary N) is 2. The molecule has 1 saturated heterocycles. The fourth-order valence-electron chi connectivity index (χ4n) is 3.85. The number of H-pyrrole nitrogens is 1. The maximum absolute atomic E-state index is 13.8. The summed E-state index contributed by atoms with van der Waals surface area (Å²) < 4.78 is 14.9. The highest BCUT2D eigenvalue weighted by atomic mass is 19.1. The van der Waals surface area contributed by atoms with Crippen molar-refractivity contribution in [1.29, 1.82) is 0 Å². The zero-order valence-corrected chi connectivity index (χ0v) is 16.5. The minimum atomic E-state index is -0.430. The van der Waals surface area contributed by atoms with Gasteiger partial charge in [-0.15, -0.1) is 0 Å². The zero-order chi connectivity index (χ0) is 21.1. The summed E-state index contributed by atoms with van der Waals surface area (Å²) in [5.74, 6) is -0.791. The molecule has 2 heterocycles. The number of amides is 1. The van der Waals surface area contributed by atoms with Gasteiger partial charge in [-0.3, -0.25) is 19.5 Å². The number of hydrogen-bond donors (Lipinski definition) is 2. The Balaban J connectivity index is 1.50. The highest BCUT2D eigenvalue weighted by molar-refractivity contribution is 5.94. The van der Waals surface area contributed by atoms with Crippen LogP contribution in [0.1, 0.15) is 25.7 Å². The van der Waals surface area contributed by atoms with Crippen LogP contribution in [-0.2, 0) is 11.3 Å². The number of aromatic amines is 1. The molecule has 1 fully saturated rings. The van der Waals surface area contributed by atoms with Crippen LogP contribution in [0.3, 0.4) is 0 Å². The van der Waals surface area contributed by atoms with Crippen molar-refractivity contribution in [3.63, 3.8) is 0 Å². The van der Waals surface area contributed by atoms with Gasteiger partial charge in [0.15, 0.2) is 0 Å². The standard InChI is InChI=1S/C22H23FN4O3/c23-15-8-9-19(26-11-4-1-5-12-26)18(14-15)24-20(28)10-13-27-22(30)17-7-3-2-6-16(17)21(29)25-27/h2-3,6-9,14H,1,4-5,10-13H2,(H,24,28)(H,25,29). The van der Waals surface area contributed by atoms with Gasteiger partial charge >= 0.3 is 0 Å². The molecule has 8 heteroatoms. The van der Waals surface area contributed by atoms with Gasteiger partial charge in [0.2, 0.25) is 5.91 Å². The van der Waals surface area contributed by atoms with Gasteiger partial charge < -0.3 is 10.2 Å². The quantitative estimate of drug-likeness (QED) is 0.677. The molecule has 1 aliphatic rings. The molecule has 0 radical (unpaired) electrons. The number of hydrogen-bond acceptors (Lipinski definition) is 4. The van der Waals surface area contributed by atoms with E-state index in [9.17, 15) is 18.8 Å². The van der Waals surface area contributed by atoms with E-state index >= 15 is 0 Å². The van der Waals surface area contributed by atoms with Gasteiger partial charge in [0.05, 0.1) is 28.7 Å². The molecule has 30 heavy (non-hydrogen) atoms. The summed E-state index contributed by atoms with van der Waals surface area (Å²) in [6.07, 6.45) is 3.24. The molecule has 0 spiro atoms. The van der Waals surface area contributed by atoms with E-state index in [1.807, 2.05) is 0 Å². The molecular formula is C22H23FN4O3. The lowest BCUT2D eigenvalue weighted by Gasteiger charge is -2.30. The molecule has 3 aromatic rings. The fraction of sp³-hybridized carbons (Fsp3) is 0.318. The largest absolute Gasteiger partial charge is 0.370 e. The van der Waals surface area contributed by atoms with Crippen LogP contribution in [0.15, 0.2) is 52.1 Å². The first-order chi connectivity index (χ1) is 14.5. The molecule has 0 unspecified atom stereocenters. The molecule has 1 amide bonds. The maximum Gasteiger partial charge on any atom is 0.273 e. The summed E-state index contributed by atoms with van der Waals surface area (Å²) in [5.41, 5.74) is 0.461. The molecule has 2 aromatic carbocycles.